The second kappa shape index (κ2) is 4.63. The molecule has 0 aromatic rings. The summed E-state index contributed by atoms with van der Waals surface area (Å²) in [7, 11) is 0. The van der Waals surface area contributed by atoms with Gasteiger partial charge in [-0.3, -0.25) is 4.79 Å². The Morgan fingerprint density at radius 3 is 2.64 bits per heavy atom. The monoisotopic (exact) mass is 196 g/mol. The van der Waals surface area contributed by atoms with Gasteiger partial charge in [0.05, 0.1) is 12.5 Å². The van der Waals surface area contributed by atoms with Crippen molar-refractivity contribution >= 4 is 5.97 Å². The number of hydrogen-bond acceptors (Lipinski definition) is 2. The second-order valence-electron chi connectivity index (χ2n) is 4.29. The van der Waals surface area contributed by atoms with Gasteiger partial charge in [-0.15, -0.1) is 0 Å². The second-order valence-corrected chi connectivity index (χ2v) is 4.29. The first-order valence-electron chi connectivity index (χ1n) is 5.40. The molecule has 2 heteroatoms. The summed E-state index contributed by atoms with van der Waals surface area (Å²) < 4.78 is 5.10. The number of hydrogen-bond donors (Lipinski definition) is 0. The summed E-state index contributed by atoms with van der Waals surface area (Å²) in [5.41, 5.74) is 1.12. The Labute approximate surface area is 86.3 Å². The van der Waals surface area contributed by atoms with Gasteiger partial charge >= 0.3 is 5.97 Å². The summed E-state index contributed by atoms with van der Waals surface area (Å²) >= 11 is 0. The third-order valence-electron chi connectivity index (χ3n) is 3.17. The molecule has 0 aromatic heterocycles. The van der Waals surface area contributed by atoms with Crippen LogP contribution in [0, 0.1) is 17.8 Å². The topological polar surface area (TPSA) is 26.3 Å². The summed E-state index contributed by atoms with van der Waals surface area (Å²) in [5, 5.41) is 0. The lowest BCUT2D eigenvalue weighted by molar-refractivity contribution is -0.150. The van der Waals surface area contributed by atoms with E-state index in [9.17, 15) is 4.79 Å². The SMILES string of the molecule is C=C(C)[C@@H]1CC[C@@H](C)[C@@H]1C(=O)OCC. The first-order valence-corrected chi connectivity index (χ1v) is 5.40. The van der Waals surface area contributed by atoms with Gasteiger partial charge in [-0.1, -0.05) is 19.1 Å². The van der Waals surface area contributed by atoms with Crippen LogP contribution in [0.15, 0.2) is 12.2 Å². The van der Waals surface area contributed by atoms with Gasteiger partial charge in [-0.2, -0.15) is 0 Å². The number of allylic oxidation sites excluding steroid dienone is 1. The largest absolute Gasteiger partial charge is 0.466 e. The van der Waals surface area contributed by atoms with Crippen molar-refractivity contribution in [3.8, 4) is 0 Å². The Morgan fingerprint density at radius 1 is 1.50 bits per heavy atom. The molecule has 1 aliphatic carbocycles. The molecule has 1 rings (SSSR count). The molecule has 0 aromatic carbocycles. The highest BCUT2D eigenvalue weighted by atomic mass is 16.5. The molecule has 1 fully saturated rings. The minimum atomic E-state index is -0.0366. The van der Waals surface area contributed by atoms with E-state index in [1.54, 1.807) is 0 Å². The van der Waals surface area contributed by atoms with Crippen LogP contribution >= 0.6 is 0 Å². The predicted octanol–water partition coefficient (Wildman–Crippen LogP) is 2.79. The van der Waals surface area contributed by atoms with Crippen LogP contribution in [0.25, 0.3) is 0 Å². The van der Waals surface area contributed by atoms with Crippen molar-refractivity contribution in [2.45, 2.75) is 33.6 Å². The summed E-state index contributed by atoms with van der Waals surface area (Å²) in [6.45, 7) is 10.4. The molecule has 1 saturated carbocycles. The van der Waals surface area contributed by atoms with Gasteiger partial charge in [0.1, 0.15) is 0 Å². The molecule has 0 N–H and O–H groups in total. The highest BCUT2D eigenvalue weighted by molar-refractivity contribution is 5.74. The van der Waals surface area contributed by atoms with Crippen LogP contribution in [0.2, 0.25) is 0 Å². The minimum absolute atomic E-state index is 0.0366. The van der Waals surface area contributed by atoms with Crippen molar-refractivity contribution in [3.63, 3.8) is 0 Å². The van der Waals surface area contributed by atoms with E-state index in [2.05, 4.69) is 13.5 Å². The molecule has 0 amide bonds. The van der Waals surface area contributed by atoms with E-state index in [4.69, 9.17) is 4.74 Å². The van der Waals surface area contributed by atoms with Crippen molar-refractivity contribution in [2.24, 2.45) is 17.8 Å². The highest BCUT2D eigenvalue weighted by Gasteiger charge is 2.39. The fourth-order valence-corrected chi connectivity index (χ4v) is 2.39. The smallest absolute Gasteiger partial charge is 0.309 e. The van der Waals surface area contributed by atoms with Crippen LogP contribution in [0.1, 0.15) is 33.6 Å². The Balaban J connectivity index is 2.71. The number of carbonyl (C=O) groups excluding carboxylic acids is 1. The van der Waals surface area contributed by atoms with Gasteiger partial charge in [0, 0.05) is 0 Å². The predicted molar refractivity (Wildman–Crippen MR) is 56.8 cm³/mol. The Hall–Kier alpha value is -0.790. The number of esters is 1. The van der Waals surface area contributed by atoms with Crippen LogP contribution in [0.5, 0.6) is 0 Å². The Morgan fingerprint density at radius 2 is 2.14 bits per heavy atom. The van der Waals surface area contributed by atoms with Crippen molar-refractivity contribution in [2.75, 3.05) is 6.61 Å². The van der Waals surface area contributed by atoms with Crippen molar-refractivity contribution < 1.29 is 9.53 Å². The molecule has 80 valence electrons. The molecule has 0 unspecified atom stereocenters. The first-order chi connectivity index (χ1) is 6.57. The minimum Gasteiger partial charge on any atom is -0.466 e. The Kier molecular flexibility index (Phi) is 3.73. The molecule has 0 heterocycles. The van der Waals surface area contributed by atoms with Gasteiger partial charge in [0.25, 0.3) is 0 Å². The van der Waals surface area contributed by atoms with Gasteiger partial charge < -0.3 is 4.74 Å². The van der Waals surface area contributed by atoms with E-state index in [1.807, 2.05) is 13.8 Å². The highest BCUT2D eigenvalue weighted by Crippen LogP contribution is 2.40. The third kappa shape index (κ3) is 2.17. The van der Waals surface area contributed by atoms with Crippen molar-refractivity contribution in [1.29, 1.82) is 0 Å². The normalized spacial score (nSPS) is 31.5. The maximum atomic E-state index is 11.7. The van der Waals surface area contributed by atoms with E-state index < -0.39 is 0 Å². The van der Waals surface area contributed by atoms with Crippen molar-refractivity contribution in [1.82, 2.24) is 0 Å². The summed E-state index contributed by atoms with van der Waals surface area (Å²) in [5.74, 6) is 0.790. The molecular weight excluding hydrogens is 176 g/mol. The fraction of sp³-hybridized carbons (Fsp3) is 0.750. The summed E-state index contributed by atoms with van der Waals surface area (Å²) in [6.07, 6.45) is 2.20. The average Bonchev–Trinajstić information content (AvgIpc) is 2.47. The zero-order valence-corrected chi connectivity index (χ0v) is 9.38. The lowest BCUT2D eigenvalue weighted by Gasteiger charge is -2.21. The van der Waals surface area contributed by atoms with Gasteiger partial charge in [-0.05, 0) is 38.5 Å². The molecule has 0 spiro atoms. The molecule has 14 heavy (non-hydrogen) atoms. The van der Waals surface area contributed by atoms with Gasteiger partial charge in [0.2, 0.25) is 0 Å². The van der Waals surface area contributed by atoms with Gasteiger partial charge in [-0.25, -0.2) is 0 Å². The zero-order valence-electron chi connectivity index (χ0n) is 9.38. The lowest BCUT2D eigenvalue weighted by Crippen LogP contribution is -2.26. The molecule has 3 atom stereocenters. The Bertz CT molecular complexity index is 232. The number of rotatable bonds is 3. The maximum absolute atomic E-state index is 11.7. The van der Waals surface area contributed by atoms with Crippen LogP contribution in [0.3, 0.4) is 0 Å². The molecule has 0 bridgehead atoms. The standard InChI is InChI=1S/C12H20O2/c1-5-14-12(13)11-9(4)6-7-10(11)8(2)3/h9-11H,2,5-7H2,1,3-4H3/t9-,10+,11+/m1/s1. The summed E-state index contributed by atoms with van der Waals surface area (Å²) in [6, 6.07) is 0. The lowest BCUT2D eigenvalue weighted by atomic mass is 9.86. The quantitative estimate of drug-likeness (QED) is 0.512. The molecule has 2 nitrogen and oxygen atoms in total. The first kappa shape index (κ1) is 11.3. The molecule has 0 radical (unpaired) electrons. The maximum Gasteiger partial charge on any atom is 0.309 e. The van der Waals surface area contributed by atoms with E-state index in [-0.39, 0.29) is 11.9 Å². The van der Waals surface area contributed by atoms with E-state index in [1.165, 1.54) is 0 Å². The van der Waals surface area contributed by atoms with E-state index >= 15 is 0 Å². The van der Waals surface area contributed by atoms with E-state index in [0.717, 1.165) is 18.4 Å². The van der Waals surface area contributed by atoms with Crippen LogP contribution < -0.4 is 0 Å². The van der Waals surface area contributed by atoms with Gasteiger partial charge in [0.15, 0.2) is 0 Å². The molecule has 0 saturated heterocycles. The fourth-order valence-electron chi connectivity index (χ4n) is 2.39. The average molecular weight is 196 g/mol. The third-order valence-corrected chi connectivity index (χ3v) is 3.17. The zero-order chi connectivity index (χ0) is 10.7. The number of carbonyl (C=O) groups is 1. The molecule has 1 aliphatic rings. The van der Waals surface area contributed by atoms with Crippen LogP contribution in [-0.2, 0) is 9.53 Å². The van der Waals surface area contributed by atoms with E-state index in [0.29, 0.717) is 18.4 Å². The van der Waals surface area contributed by atoms with Crippen LogP contribution in [-0.4, -0.2) is 12.6 Å². The number of ether oxygens (including phenoxy) is 1. The molecule has 0 aliphatic heterocycles. The van der Waals surface area contributed by atoms with Crippen molar-refractivity contribution in [3.05, 3.63) is 12.2 Å². The van der Waals surface area contributed by atoms with Crippen LogP contribution in [0.4, 0.5) is 0 Å². The molecular formula is C12H20O2. The summed E-state index contributed by atoms with van der Waals surface area (Å²) in [4.78, 5) is 11.7.